The molecule has 5 amide bonds. The fraction of sp³-hybridized carbons (Fsp3) is 0.235. The number of hydrogen-bond donors (Lipinski definition) is 3. The normalized spacial score (nSPS) is 16.6. The molecule has 2 unspecified atom stereocenters. The van der Waals surface area contributed by atoms with Gasteiger partial charge in [-0.05, 0) is 61.7 Å². The molecule has 1 saturated heterocycles. The summed E-state index contributed by atoms with van der Waals surface area (Å²) in [5.74, 6) is 3.04. The van der Waals surface area contributed by atoms with Gasteiger partial charge in [-0.3, -0.25) is 39.2 Å². The molecule has 1 fully saturated rings. The van der Waals surface area contributed by atoms with E-state index in [1.54, 1.807) is 18.3 Å². The highest BCUT2D eigenvalue weighted by Gasteiger charge is 2.45. The maximum atomic E-state index is 13.2. The number of amides is 5. The Morgan fingerprint density at radius 2 is 1.87 bits per heavy atom. The molecular formula is C34H29N5O6. The zero-order valence-corrected chi connectivity index (χ0v) is 24.2. The number of rotatable bonds is 9. The molecule has 6 rings (SSSR count). The van der Waals surface area contributed by atoms with E-state index in [1.807, 2.05) is 48.7 Å². The maximum absolute atomic E-state index is 13.2. The van der Waals surface area contributed by atoms with Gasteiger partial charge in [0.2, 0.25) is 11.8 Å². The van der Waals surface area contributed by atoms with Crippen LogP contribution >= 0.6 is 0 Å². The summed E-state index contributed by atoms with van der Waals surface area (Å²) in [7, 11) is 0. The van der Waals surface area contributed by atoms with Crippen LogP contribution in [0.1, 0.15) is 69.3 Å². The second-order valence-corrected chi connectivity index (χ2v) is 10.7. The van der Waals surface area contributed by atoms with E-state index in [0.717, 1.165) is 33.6 Å². The molecule has 2 aromatic heterocycles. The number of para-hydroxylation sites is 1. The summed E-state index contributed by atoms with van der Waals surface area (Å²) in [6.45, 7) is 1.05. The van der Waals surface area contributed by atoms with Crippen molar-refractivity contribution in [3.8, 4) is 11.8 Å². The Hall–Kier alpha value is -5.60. The Morgan fingerprint density at radius 3 is 2.67 bits per heavy atom. The van der Waals surface area contributed by atoms with E-state index in [2.05, 4.69) is 32.8 Å². The second kappa shape index (κ2) is 13.0. The number of furan rings is 1. The molecule has 2 aliphatic rings. The van der Waals surface area contributed by atoms with Crippen LogP contribution < -0.4 is 16.0 Å². The first-order valence-corrected chi connectivity index (χ1v) is 14.7. The Morgan fingerprint density at radius 1 is 1.02 bits per heavy atom. The fourth-order valence-electron chi connectivity index (χ4n) is 5.56. The van der Waals surface area contributed by atoms with E-state index < -0.39 is 35.6 Å². The lowest BCUT2D eigenvalue weighted by molar-refractivity contribution is -0.136. The summed E-state index contributed by atoms with van der Waals surface area (Å²) in [6, 6.07) is 17.1. The summed E-state index contributed by atoms with van der Waals surface area (Å²) < 4.78 is 6.11. The summed E-state index contributed by atoms with van der Waals surface area (Å²) in [5, 5.41) is 9.49. The third-order valence-electron chi connectivity index (χ3n) is 7.76. The first-order valence-electron chi connectivity index (χ1n) is 14.7. The number of carbonyl (C=O) groups excluding carboxylic acids is 5. The molecule has 0 radical (unpaired) electrons. The van der Waals surface area contributed by atoms with E-state index in [9.17, 15) is 24.0 Å². The molecule has 4 heterocycles. The molecule has 2 atom stereocenters. The molecule has 0 aliphatic carbocycles. The van der Waals surface area contributed by atoms with Crippen molar-refractivity contribution in [2.75, 3.05) is 13.1 Å². The van der Waals surface area contributed by atoms with Gasteiger partial charge in [-0.1, -0.05) is 36.3 Å². The highest BCUT2D eigenvalue weighted by molar-refractivity contribution is 6.24. The lowest BCUT2D eigenvalue weighted by Gasteiger charge is -2.27. The molecule has 4 aromatic rings. The molecule has 3 N–H and O–H groups in total. The molecule has 2 aromatic carbocycles. The van der Waals surface area contributed by atoms with Crippen LogP contribution in [-0.2, 0) is 14.4 Å². The van der Waals surface area contributed by atoms with Crippen molar-refractivity contribution in [3.05, 3.63) is 101 Å². The highest BCUT2D eigenvalue weighted by atomic mass is 16.3. The Labute approximate surface area is 258 Å². The van der Waals surface area contributed by atoms with Crippen LogP contribution in [0.4, 0.5) is 0 Å². The summed E-state index contributed by atoms with van der Waals surface area (Å²) in [4.78, 5) is 67.7. The third kappa shape index (κ3) is 6.23. The number of nitrogens with zero attached hydrogens (tertiary/aromatic N) is 2. The minimum absolute atomic E-state index is 0.0269. The zero-order valence-electron chi connectivity index (χ0n) is 24.2. The smallest absolute Gasteiger partial charge is 0.296 e. The molecule has 0 spiro atoms. The molecule has 0 saturated carbocycles. The summed E-state index contributed by atoms with van der Waals surface area (Å²) in [6.07, 6.45) is 5.07. The minimum atomic E-state index is -1.08. The quantitative estimate of drug-likeness (QED) is 0.150. The van der Waals surface area contributed by atoms with Gasteiger partial charge in [-0.25, -0.2) is 0 Å². The first kappa shape index (κ1) is 29.5. The van der Waals surface area contributed by atoms with Crippen LogP contribution in [0.25, 0.3) is 11.0 Å². The van der Waals surface area contributed by atoms with E-state index in [4.69, 9.17) is 4.42 Å². The van der Waals surface area contributed by atoms with Crippen molar-refractivity contribution in [1.29, 1.82) is 0 Å². The molecule has 0 bridgehead atoms. The molecule has 11 heteroatoms. The van der Waals surface area contributed by atoms with Gasteiger partial charge >= 0.3 is 0 Å². The van der Waals surface area contributed by atoms with Crippen LogP contribution in [0, 0.1) is 11.8 Å². The van der Waals surface area contributed by atoms with Crippen molar-refractivity contribution in [2.24, 2.45) is 0 Å². The van der Waals surface area contributed by atoms with E-state index in [0.29, 0.717) is 19.5 Å². The average Bonchev–Trinajstić information content (AvgIpc) is 3.58. The van der Waals surface area contributed by atoms with Crippen LogP contribution in [0.2, 0.25) is 0 Å². The van der Waals surface area contributed by atoms with Gasteiger partial charge in [-0.2, -0.15) is 0 Å². The Balaban J connectivity index is 1.02. The van der Waals surface area contributed by atoms with Crippen molar-refractivity contribution < 1.29 is 28.4 Å². The monoisotopic (exact) mass is 603 g/mol. The lowest BCUT2D eigenvalue weighted by atomic mass is 10.0. The number of aromatic nitrogens is 1. The summed E-state index contributed by atoms with van der Waals surface area (Å²) in [5.41, 5.74) is 2.16. The van der Waals surface area contributed by atoms with E-state index in [-0.39, 0.29) is 35.6 Å². The van der Waals surface area contributed by atoms with Crippen molar-refractivity contribution >= 4 is 40.5 Å². The van der Waals surface area contributed by atoms with Gasteiger partial charge in [0, 0.05) is 42.2 Å². The second-order valence-electron chi connectivity index (χ2n) is 10.7. The van der Waals surface area contributed by atoms with Gasteiger partial charge in [0.1, 0.15) is 17.4 Å². The lowest BCUT2D eigenvalue weighted by Crippen LogP contribution is -2.54. The number of hydrogen-bond acceptors (Lipinski definition) is 8. The third-order valence-corrected chi connectivity index (χ3v) is 7.76. The number of nitrogens with one attached hydrogen (secondary N) is 3. The molecular weight excluding hydrogens is 574 g/mol. The fourth-order valence-corrected chi connectivity index (χ4v) is 5.56. The molecule has 2 aliphatic heterocycles. The predicted molar refractivity (Wildman–Crippen MR) is 163 cm³/mol. The van der Waals surface area contributed by atoms with Gasteiger partial charge in [0.25, 0.3) is 17.7 Å². The maximum Gasteiger partial charge on any atom is 0.296 e. The largest absolute Gasteiger partial charge is 0.459 e. The standard InChI is InChI=1S/C34H29N5O6/c40-28(14-12-21-8-5-10-24-30(21)34(44)39(33(24)43)25-13-15-29(41)38-32(25)42)36-17-3-4-18-37-31(23-9-6-16-35-20-23)27-19-22-7-1-2-11-26(22)45-27/h1-2,5-11,16,19-20,25,31,37H,3-4,13,15,17-18H2,(H,36,40)(H,38,41,42). The topological polar surface area (TPSA) is 151 Å². The van der Waals surface area contributed by atoms with Crippen LogP contribution in [-0.4, -0.2) is 58.6 Å². The number of benzene rings is 2. The minimum Gasteiger partial charge on any atom is -0.459 e. The SMILES string of the molecule is O=C(C#Cc1cccc2c1C(=O)N(C1CCC(=O)NC1=O)C2=O)NCCCCNC(c1cccnc1)c1cc2ccccc2o1. The number of piperidine rings is 1. The zero-order chi connectivity index (χ0) is 31.3. The molecule has 226 valence electrons. The number of carbonyl (C=O) groups is 5. The Bertz CT molecular complexity index is 1840. The number of imide groups is 2. The van der Waals surface area contributed by atoms with Gasteiger partial charge in [-0.15, -0.1) is 0 Å². The van der Waals surface area contributed by atoms with E-state index >= 15 is 0 Å². The van der Waals surface area contributed by atoms with Gasteiger partial charge in [0.15, 0.2) is 0 Å². The highest BCUT2D eigenvalue weighted by Crippen LogP contribution is 2.30. The van der Waals surface area contributed by atoms with Crippen LogP contribution in [0.5, 0.6) is 0 Å². The molecule has 45 heavy (non-hydrogen) atoms. The van der Waals surface area contributed by atoms with Crippen LogP contribution in [0.15, 0.2) is 77.5 Å². The first-order chi connectivity index (χ1) is 21.9. The Kier molecular flexibility index (Phi) is 8.48. The van der Waals surface area contributed by atoms with Crippen LogP contribution in [0.3, 0.4) is 0 Å². The van der Waals surface area contributed by atoms with Crippen molar-refractivity contribution in [3.63, 3.8) is 0 Å². The van der Waals surface area contributed by atoms with Gasteiger partial charge in [0.05, 0.1) is 17.2 Å². The number of pyridine rings is 1. The predicted octanol–water partition coefficient (Wildman–Crippen LogP) is 2.86. The number of fused-ring (bicyclic) bond motifs is 2. The molecule has 11 nitrogen and oxygen atoms in total. The van der Waals surface area contributed by atoms with Crippen molar-refractivity contribution in [2.45, 2.75) is 37.8 Å². The average molecular weight is 604 g/mol. The summed E-state index contributed by atoms with van der Waals surface area (Å²) >= 11 is 0. The van der Waals surface area contributed by atoms with Crippen molar-refractivity contribution in [1.82, 2.24) is 25.8 Å². The van der Waals surface area contributed by atoms with Gasteiger partial charge < -0.3 is 15.1 Å². The van der Waals surface area contributed by atoms with E-state index in [1.165, 1.54) is 6.07 Å². The number of unbranched alkanes of at least 4 members (excludes halogenated alkanes) is 1.